The maximum absolute atomic E-state index is 13.2. The normalized spacial score (nSPS) is 25.5. The zero-order valence-electron chi connectivity index (χ0n) is 22.0. The third-order valence-electron chi connectivity index (χ3n) is 8.88. The number of hydrogen-bond donors (Lipinski definition) is 0. The summed E-state index contributed by atoms with van der Waals surface area (Å²) in [6.45, 7) is -1.29. The van der Waals surface area contributed by atoms with Crippen LogP contribution in [0.2, 0.25) is 0 Å². The van der Waals surface area contributed by atoms with E-state index >= 15 is 0 Å². The van der Waals surface area contributed by atoms with Gasteiger partial charge in [0.1, 0.15) is 23.8 Å². The molecular weight excluding hydrogens is 516 g/mol. The van der Waals surface area contributed by atoms with E-state index in [1.165, 1.54) is 0 Å². The number of methoxy groups -OCH3 is 1. The first-order valence-electron chi connectivity index (χ1n) is 13.6. The average Bonchev–Trinajstić information content (AvgIpc) is 3.60. The lowest BCUT2D eigenvalue weighted by Crippen LogP contribution is -2.43. The van der Waals surface area contributed by atoms with E-state index in [0.717, 1.165) is 60.4 Å². The van der Waals surface area contributed by atoms with Crippen molar-refractivity contribution in [3.05, 3.63) is 71.9 Å². The van der Waals surface area contributed by atoms with Crippen LogP contribution in [0.4, 0.5) is 14.7 Å². The van der Waals surface area contributed by atoms with Gasteiger partial charge >= 0.3 is 6.61 Å². The Labute approximate surface area is 230 Å². The van der Waals surface area contributed by atoms with Gasteiger partial charge in [-0.05, 0) is 49.3 Å². The molecule has 0 amide bonds. The molecule has 4 aromatic rings. The van der Waals surface area contributed by atoms with Gasteiger partial charge in [0.05, 0.1) is 11.4 Å². The van der Waals surface area contributed by atoms with Crippen LogP contribution in [0, 0.1) is 17.8 Å². The number of aldehydes is 1. The molecule has 2 bridgehead atoms. The van der Waals surface area contributed by atoms with Crippen molar-refractivity contribution in [3.63, 3.8) is 0 Å². The first-order valence-corrected chi connectivity index (χ1v) is 13.6. The number of alkyl halides is 2. The summed E-state index contributed by atoms with van der Waals surface area (Å²) < 4.78 is 39.0. The topological polar surface area (TPSA) is 81.9 Å². The van der Waals surface area contributed by atoms with Crippen LogP contribution < -0.4 is 9.64 Å². The number of aromatic nitrogens is 4. The Balaban J connectivity index is 1.22. The maximum atomic E-state index is 13.2. The lowest BCUT2D eigenvalue weighted by atomic mass is 9.86. The second-order valence-corrected chi connectivity index (χ2v) is 10.9. The monoisotopic (exact) mass is 545 g/mol. The summed E-state index contributed by atoms with van der Waals surface area (Å²) in [5.41, 5.74) is 4.90. The first kappa shape index (κ1) is 25.1. The fourth-order valence-electron chi connectivity index (χ4n) is 7.01. The van der Waals surface area contributed by atoms with E-state index in [1.807, 2.05) is 47.3 Å². The number of rotatable bonds is 7. The molecule has 0 spiro atoms. The molecule has 1 saturated heterocycles. The Morgan fingerprint density at radius 2 is 1.77 bits per heavy atom. The van der Waals surface area contributed by atoms with E-state index in [1.54, 1.807) is 19.2 Å². The highest BCUT2D eigenvalue weighted by molar-refractivity contribution is 5.65. The zero-order chi connectivity index (χ0) is 27.4. The number of piperidine rings is 1. The lowest BCUT2D eigenvalue weighted by molar-refractivity contribution is -0.113. The van der Waals surface area contributed by atoms with Crippen molar-refractivity contribution in [1.29, 1.82) is 0 Å². The largest absolute Gasteiger partial charge is 0.435 e. The van der Waals surface area contributed by atoms with E-state index in [4.69, 9.17) is 14.5 Å². The van der Waals surface area contributed by atoms with Crippen molar-refractivity contribution in [1.82, 2.24) is 19.4 Å². The molecule has 4 heterocycles. The van der Waals surface area contributed by atoms with Crippen LogP contribution in [-0.4, -0.2) is 52.4 Å². The molecule has 1 aliphatic heterocycles. The third kappa shape index (κ3) is 4.13. The molecule has 2 aliphatic carbocycles. The first-order chi connectivity index (χ1) is 19.5. The number of carbonyl (C=O) groups is 1. The molecule has 206 valence electrons. The molecule has 1 aromatic carbocycles. The van der Waals surface area contributed by atoms with Gasteiger partial charge in [0, 0.05) is 67.3 Å². The third-order valence-corrected chi connectivity index (χ3v) is 8.88. The molecule has 3 aromatic heterocycles. The van der Waals surface area contributed by atoms with Gasteiger partial charge < -0.3 is 23.6 Å². The lowest BCUT2D eigenvalue weighted by Gasteiger charge is -2.35. The molecule has 0 N–H and O–H groups in total. The number of imidazole rings is 1. The van der Waals surface area contributed by atoms with Crippen molar-refractivity contribution >= 4 is 17.9 Å². The van der Waals surface area contributed by atoms with Crippen LogP contribution in [0.1, 0.15) is 48.2 Å². The fraction of sp³-hybridized carbons (Fsp3) is 0.400. The molecule has 5 atom stereocenters. The van der Waals surface area contributed by atoms with Crippen molar-refractivity contribution in [3.8, 4) is 16.9 Å². The summed E-state index contributed by atoms with van der Waals surface area (Å²) in [6.07, 6.45) is 9.28. The second-order valence-electron chi connectivity index (χ2n) is 10.9. The summed E-state index contributed by atoms with van der Waals surface area (Å²) in [4.78, 5) is 27.9. The number of para-hydroxylation sites is 1. The Morgan fingerprint density at radius 3 is 2.48 bits per heavy atom. The SMILES string of the molecule is CO[C@@H]1C[C@H](c2ccccc2OC(F)F)c2c1nc1ccc(-c3cnc(N4CC5CC[C@H](C4)C5C=O)nc3)cn21. The van der Waals surface area contributed by atoms with Gasteiger partial charge in [-0.25, -0.2) is 15.0 Å². The molecule has 0 radical (unpaired) electrons. The molecule has 40 heavy (non-hydrogen) atoms. The highest BCUT2D eigenvalue weighted by Crippen LogP contribution is 2.48. The van der Waals surface area contributed by atoms with E-state index in [9.17, 15) is 13.6 Å². The number of nitrogens with zero attached hydrogens (tertiary/aromatic N) is 5. The standard InChI is InChI=1S/C30H29F2N5O3/c1-39-25-10-22(21-4-2-3-5-24(21)40-29(31)32)28-27(25)35-26-9-8-17(15-37(26)28)20-11-33-30(34-12-20)36-13-18-6-7-19(14-36)23(18)16-38/h2-5,8-9,11-12,15-16,18-19,22-23,25,29H,6-7,10,13-14H2,1H3/t18-,19?,22-,23?,25-/m1/s1. The van der Waals surface area contributed by atoms with Crippen LogP contribution in [-0.2, 0) is 9.53 Å². The molecule has 10 heteroatoms. The Hall–Kier alpha value is -3.92. The van der Waals surface area contributed by atoms with Gasteiger partial charge in [0.25, 0.3) is 0 Å². The van der Waals surface area contributed by atoms with Crippen LogP contribution in [0.3, 0.4) is 0 Å². The number of hydrogen-bond acceptors (Lipinski definition) is 7. The number of pyridine rings is 1. The Morgan fingerprint density at radius 1 is 1.02 bits per heavy atom. The van der Waals surface area contributed by atoms with Gasteiger partial charge in [-0.15, -0.1) is 0 Å². The van der Waals surface area contributed by atoms with Crippen molar-refractivity contribution in [2.24, 2.45) is 17.8 Å². The second kappa shape index (κ2) is 9.92. The van der Waals surface area contributed by atoms with E-state index in [2.05, 4.69) is 14.9 Å². The summed E-state index contributed by atoms with van der Waals surface area (Å²) in [6, 6.07) is 10.8. The summed E-state index contributed by atoms with van der Waals surface area (Å²) in [5.74, 6) is 1.54. The Kier molecular flexibility index (Phi) is 6.22. The van der Waals surface area contributed by atoms with E-state index < -0.39 is 6.61 Å². The minimum Gasteiger partial charge on any atom is -0.435 e. The Bertz CT molecular complexity index is 1540. The quantitative estimate of drug-likeness (QED) is 0.293. The highest BCUT2D eigenvalue weighted by atomic mass is 19.3. The predicted molar refractivity (Wildman–Crippen MR) is 143 cm³/mol. The number of anilines is 1. The number of ether oxygens (including phenoxy) is 2. The molecule has 3 aliphatic rings. The van der Waals surface area contributed by atoms with Gasteiger partial charge in [-0.2, -0.15) is 8.78 Å². The van der Waals surface area contributed by atoms with Gasteiger partial charge in [0.15, 0.2) is 0 Å². The molecule has 7 rings (SSSR count). The molecule has 8 nitrogen and oxygen atoms in total. The van der Waals surface area contributed by atoms with Gasteiger partial charge in [0.2, 0.25) is 5.95 Å². The van der Waals surface area contributed by atoms with Crippen LogP contribution in [0.5, 0.6) is 5.75 Å². The summed E-state index contributed by atoms with van der Waals surface area (Å²) in [5, 5.41) is 0. The molecule has 2 unspecified atom stereocenters. The molecular formula is C30H29F2N5O3. The van der Waals surface area contributed by atoms with Crippen molar-refractivity contribution in [2.45, 2.75) is 37.9 Å². The number of carbonyl (C=O) groups excluding carboxylic acids is 1. The van der Waals surface area contributed by atoms with Gasteiger partial charge in [-0.3, -0.25) is 0 Å². The smallest absolute Gasteiger partial charge is 0.387 e. The number of fused-ring (bicyclic) bond motifs is 5. The van der Waals surface area contributed by atoms with Crippen molar-refractivity contribution < 1.29 is 23.0 Å². The maximum Gasteiger partial charge on any atom is 0.387 e. The highest BCUT2D eigenvalue weighted by Gasteiger charge is 2.42. The summed E-state index contributed by atoms with van der Waals surface area (Å²) >= 11 is 0. The van der Waals surface area contributed by atoms with Gasteiger partial charge in [-0.1, -0.05) is 18.2 Å². The average molecular weight is 546 g/mol. The number of benzene rings is 1. The molecule has 1 saturated carbocycles. The predicted octanol–water partition coefficient (Wildman–Crippen LogP) is 5.28. The molecule has 2 fully saturated rings. The minimum atomic E-state index is -2.91. The summed E-state index contributed by atoms with van der Waals surface area (Å²) in [7, 11) is 1.64. The zero-order valence-corrected chi connectivity index (χ0v) is 22.0. The van der Waals surface area contributed by atoms with Crippen LogP contribution >= 0.6 is 0 Å². The van der Waals surface area contributed by atoms with E-state index in [-0.39, 0.29) is 23.7 Å². The van der Waals surface area contributed by atoms with Crippen LogP contribution in [0.15, 0.2) is 55.0 Å². The fourth-order valence-corrected chi connectivity index (χ4v) is 7.01. The minimum absolute atomic E-state index is 0.158. The van der Waals surface area contributed by atoms with Crippen LogP contribution in [0.25, 0.3) is 16.8 Å². The van der Waals surface area contributed by atoms with E-state index in [0.29, 0.717) is 29.8 Å². The number of halogens is 2. The van der Waals surface area contributed by atoms with Crippen molar-refractivity contribution in [2.75, 3.05) is 25.1 Å².